The van der Waals surface area contributed by atoms with Crippen LogP contribution < -0.4 is 24.3 Å². The SMILES string of the molecule is COc1ccc([C@H]2CN(C(=O)c3ccc(C)cc3)C[C@@H]2C(=O)NCc2ccc3c(c2)OCO3)c(OC)c1. The van der Waals surface area contributed by atoms with Crippen molar-refractivity contribution < 1.29 is 28.5 Å². The van der Waals surface area contributed by atoms with Crippen LogP contribution in [0, 0.1) is 12.8 Å². The molecule has 2 atom stereocenters. The maximum atomic E-state index is 13.5. The highest BCUT2D eigenvalue weighted by atomic mass is 16.7. The Morgan fingerprint density at radius 2 is 1.73 bits per heavy atom. The van der Waals surface area contributed by atoms with Gasteiger partial charge in [-0.25, -0.2) is 0 Å². The Hall–Kier alpha value is -4.20. The van der Waals surface area contributed by atoms with Gasteiger partial charge in [-0.3, -0.25) is 9.59 Å². The summed E-state index contributed by atoms with van der Waals surface area (Å²) in [4.78, 5) is 28.7. The van der Waals surface area contributed by atoms with E-state index in [0.29, 0.717) is 48.2 Å². The zero-order valence-corrected chi connectivity index (χ0v) is 21.2. The molecule has 8 heteroatoms. The number of nitrogens with one attached hydrogen (secondary N) is 1. The molecule has 2 aliphatic heterocycles. The van der Waals surface area contributed by atoms with Crippen LogP contribution in [0.1, 0.15) is 33.0 Å². The molecular formula is C29H30N2O6. The monoisotopic (exact) mass is 502 g/mol. The molecule has 1 saturated heterocycles. The first-order valence-electron chi connectivity index (χ1n) is 12.2. The normalized spacial score (nSPS) is 18.0. The average molecular weight is 503 g/mol. The van der Waals surface area contributed by atoms with E-state index in [0.717, 1.165) is 16.7 Å². The Bertz CT molecular complexity index is 1310. The Morgan fingerprint density at radius 3 is 2.49 bits per heavy atom. The number of carbonyl (C=O) groups excluding carboxylic acids is 2. The third kappa shape index (κ3) is 5.05. The standard InChI is InChI=1S/C29H30N2O6/c1-18-4-7-20(8-5-18)29(33)31-15-23(22-10-9-21(34-2)13-26(22)35-3)24(16-31)28(32)30-14-19-6-11-25-27(12-19)37-17-36-25/h4-13,23-24H,14-17H2,1-3H3,(H,30,32)/t23-,24+/m1/s1. The Labute approximate surface area is 216 Å². The number of benzene rings is 3. The van der Waals surface area contributed by atoms with Crippen molar-refractivity contribution in [3.63, 3.8) is 0 Å². The molecule has 0 bridgehead atoms. The van der Waals surface area contributed by atoms with Crippen LogP contribution in [0.5, 0.6) is 23.0 Å². The molecule has 0 saturated carbocycles. The first kappa shape index (κ1) is 24.5. The second-order valence-electron chi connectivity index (χ2n) is 9.30. The van der Waals surface area contributed by atoms with Gasteiger partial charge in [-0.2, -0.15) is 0 Å². The van der Waals surface area contributed by atoms with E-state index < -0.39 is 5.92 Å². The summed E-state index contributed by atoms with van der Waals surface area (Å²) < 4.78 is 21.8. The number of likely N-dealkylation sites (tertiary alicyclic amines) is 1. The van der Waals surface area contributed by atoms with Gasteiger partial charge in [0.05, 0.1) is 20.1 Å². The molecule has 2 aliphatic rings. The zero-order chi connectivity index (χ0) is 25.9. The lowest BCUT2D eigenvalue weighted by Gasteiger charge is -2.21. The number of aryl methyl sites for hydroxylation is 1. The van der Waals surface area contributed by atoms with Gasteiger partial charge in [-0.15, -0.1) is 0 Å². The van der Waals surface area contributed by atoms with Crippen molar-refractivity contribution in [2.24, 2.45) is 5.92 Å². The molecule has 1 N–H and O–H groups in total. The van der Waals surface area contributed by atoms with Crippen LogP contribution >= 0.6 is 0 Å². The van der Waals surface area contributed by atoms with Gasteiger partial charge in [0.15, 0.2) is 11.5 Å². The van der Waals surface area contributed by atoms with Gasteiger partial charge in [-0.05, 0) is 42.8 Å². The van der Waals surface area contributed by atoms with Crippen LogP contribution in [-0.2, 0) is 11.3 Å². The van der Waals surface area contributed by atoms with Crippen LogP contribution in [-0.4, -0.2) is 50.8 Å². The smallest absolute Gasteiger partial charge is 0.253 e. The van der Waals surface area contributed by atoms with Gasteiger partial charge in [0, 0.05) is 42.7 Å². The lowest BCUT2D eigenvalue weighted by molar-refractivity contribution is -0.125. The largest absolute Gasteiger partial charge is 0.497 e. The quantitative estimate of drug-likeness (QED) is 0.527. The van der Waals surface area contributed by atoms with Crippen molar-refractivity contribution in [3.8, 4) is 23.0 Å². The van der Waals surface area contributed by atoms with E-state index in [4.69, 9.17) is 18.9 Å². The van der Waals surface area contributed by atoms with Crippen molar-refractivity contribution >= 4 is 11.8 Å². The molecule has 3 aromatic rings. The number of rotatable bonds is 7. The molecule has 1 fully saturated rings. The number of nitrogens with zero attached hydrogens (tertiary/aromatic N) is 1. The fourth-order valence-electron chi connectivity index (χ4n) is 4.93. The minimum atomic E-state index is -0.453. The fourth-order valence-corrected chi connectivity index (χ4v) is 4.93. The summed E-state index contributed by atoms with van der Waals surface area (Å²) in [6, 6.07) is 18.7. The molecule has 0 unspecified atom stereocenters. The predicted molar refractivity (Wildman–Crippen MR) is 137 cm³/mol. The molecule has 3 aromatic carbocycles. The molecule has 192 valence electrons. The van der Waals surface area contributed by atoms with Crippen molar-refractivity contribution in [1.29, 1.82) is 0 Å². The van der Waals surface area contributed by atoms with E-state index in [-0.39, 0.29) is 24.5 Å². The summed E-state index contributed by atoms with van der Waals surface area (Å²) in [5.41, 5.74) is 3.46. The van der Waals surface area contributed by atoms with E-state index in [2.05, 4.69) is 5.32 Å². The summed E-state index contributed by atoms with van der Waals surface area (Å²) in [7, 11) is 3.19. The van der Waals surface area contributed by atoms with Gasteiger partial charge in [0.2, 0.25) is 12.7 Å². The fraction of sp³-hybridized carbons (Fsp3) is 0.310. The van der Waals surface area contributed by atoms with Gasteiger partial charge in [0.25, 0.3) is 5.91 Å². The third-order valence-corrected chi connectivity index (χ3v) is 6.99. The summed E-state index contributed by atoms with van der Waals surface area (Å²) in [5, 5.41) is 3.06. The van der Waals surface area contributed by atoms with E-state index >= 15 is 0 Å². The summed E-state index contributed by atoms with van der Waals surface area (Å²) >= 11 is 0. The average Bonchev–Trinajstić information content (AvgIpc) is 3.58. The summed E-state index contributed by atoms with van der Waals surface area (Å²) in [6.45, 7) is 3.22. The highest BCUT2D eigenvalue weighted by Gasteiger charge is 2.41. The number of ether oxygens (including phenoxy) is 4. The zero-order valence-electron chi connectivity index (χ0n) is 21.2. The third-order valence-electron chi connectivity index (χ3n) is 6.99. The number of hydrogen-bond donors (Lipinski definition) is 1. The van der Waals surface area contributed by atoms with Crippen LogP contribution in [0.3, 0.4) is 0 Å². The molecule has 5 rings (SSSR count). The molecule has 0 aromatic heterocycles. The topological polar surface area (TPSA) is 86.3 Å². The summed E-state index contributed by atoms with van der Waals surface area (Å²) in [5.74, 6) is 1.74. The van der Waals surface area contributed by atoms with Crippen molar-refractivity contribution in [1.82, 2.24) is 10.2 Å². The lowest BCUT2D eigenvalue weighted by atomic mass is 9.87. The van der Waals surface area contributed by atoms with Gasteiger partial charge < -0.3 is 29.2 Å². The lowest BCUT2D eigenvalue weighted by Crippen LogP contribution is -2.35. The molecule has 37 heavy (non-hydrogen) atoms. The van der Waals surface area contributed by atoms with Crippen LogP contribution in [0.4, 0.5) is 0 Å². The molecule has 8 nitrogen and oxygen atoms in total. The highest BCUT2D eigenvalue weighted by Crippen LogP contribution is 2.40. The minimum Gasteiger partial charge on any atom is -0.497 e. The van der Waals surface area contributed by atoms with Crippen LogP contribution in [0.15, 0.2) is 60.7 Å². The Kier molecular flexibility index (Phi) is 6.90. The van der Waals surface area contributed by atoms with Crippen molar-refractivity contribution in [2.75, 3.05) is 34.1 Å². The first-order valence-corrected chi connectivity index (χ1v) is 12.2. The Morgan fingerprint density at radius 1 is 0.946 bits per heavy atom. The first-order chi connectivity index (χ1) is 18.0. The van der Waals surface area contributed by atoms with Gasteiger partial charge >= 0.3 is 0 Å². The minimum absolute atomic E-state index is 0.0939. The van der Waals surface area contributed by atoms with E-state index in [1.54, 1.807) is 25.2 Å². The molecule has 0 spiro atoms. The highest BCUT2D eigenvalue weighted by molar-refractivity contribution is 5.95. The number of carbonyl (C=O) groups is 2. The second kappa shape index (κ2) is 10.4. The van der Waals surface area contributed by atoms with Gasteiger partial charge in [0.1, 0.15) is 11.5 Å². The van der Waals surface area contributed by atoms with E-state index in [9.17, 15) is 9.59 Å². The molecule has 2 heterocycles. The molecule has 0 aliphatic carbocycles. The molecule has 0 radical (unpaired) electrons. The van der Waals surface area contributed by atoms with Crippen molar-refractivity contribution in [2.45, 2.75) is 19.4 Å². The van der Waals surface area contributed by atoms with Crippen LogP contribution in [0.2, 0.25) is 0 Å². The maximum absolute atomic E-state index is 13.5. The number of fused-ring (bicyclic) bond motifs is 1. The Balaban J connectivity index is 1.39. The predicted octanol–water partition coefficient (Wildman–Crippen LogP) is 3.91. The second-order valence-corrected chi connectivity index (χ2v) is 9.30. The summed E-state index contributed by atoms with van der Waals surface area (Å²) in [6.07, 6.45) is 0. The van der Waals surface area contributed by atoms with Crippen LogP contribution in [0.25, 0.3) is 0 Å². The van der Waals surface area contributed by atoms with Gasteiger partial charge in [-0.1, -0.05) is 29.8 Å². The number of methoxy groups -OCH3 is 2. The van der Waals surface area contributed by atoms with E-state index in [1.165, 1.54) is 0 Å². The molecule has 2 amide bonds. The maximum Gasteiger partial charge on any atom is 0.253 e. The van der Waals surface area contributed by atoms with Crippen molar-refractivity contribution in [3.05, 3.63) is 82.9 Å². The number of hydrogen-bond acceptors (Lipinski definition) is 6. The number of amides is 2. The van der Waals surface area contributed by atoms with E-state index in [1.807, 2.05) is 61.5 Å². The molecular weight excluding hydrogens is 472 g/mol.